The number of thioether (sulfide) groups is 1. The standard InChI is InChI=1S/C25H20FNO5S/c1-15-10-18(25(29)30-12-16-2-9-21-22(11-16)32-14-31-21)5-8-20(15)27-23(28)13-33-24(27)17-3-6-19(26)7-4-17/h2-11,24H,12-14H2,1H3. The fraction of sp³-hybridized carbons (Fsp3) is 0.200. The minimum absolute atomic E-state index is 0.0319. The molecule has 6 nitrogen and oxygen atoms in total. The van der Waals surface area contributed by atoms with E-state index in [1.807, 2.05) is 13.0 Å². The molecule has 2 aliphatic heterocycles. The first-order valence-electron chi connectivity index (χ1n) is 10.3. The third-order valence-corrected chi connectivity index (χ3v) is 6.73. The van der Waals surface area contributed by atoms with Crippen LogP contribution in [0.1, 0.15) is 32.4 Å². The van der Waals surface area contributed by atoms with Crippen LogP contribution in [0.2, 0.25) is 0 Å². The van der Waals surface area contributed by atoms with Gasteiger partial charge >= 0.3 is 5.97 Å². The zero-order valence-electron chi connectivity index (χ0n) is 17.7. The molecule has 0 radical (unpaired) electrons. The summed E-state index contributed by atoms with van der Waals surface area (Å²) in [7, 11) is 0. The number of ether oxygens (including phenoxy) is 3. The van der Waals surface area contributed by atoms with Crippen molar-refractivity contribution < 1.29 is 28.2 Å². The number of carbonyl (C=O) groups is 2. The fourth-order valence-corrected chi connectivity index (χ4v) is 5.04. The Balaban J connectivity index is 1.31. The summed E-state index contributed by atoms with van der Waals surface area (Å²) in [6, 6.07) is 16.7. The third kappa shape index (κ3) is 4.26. The number of hydrogen-bond donors (Lipinski definition) is 0. The molecule has 0 aromatic heterocycles. The molecule has 0 aliphatic carbocycles. The van der Waals surface area contributed by atoms with Gasteiger partial charge in [0.1, 0.15) is 17.8 Å². The van der Waals surface area contributed by atoms with Gasteiger partial charge in [0.25, 0.3) is 0 Å². The summed E-state index contributed by atoms with van der Waals surface area (Å²) in [4.78, 5) is 27.0. The quantitative estimate of drug-likeness (QED) is 0.494. The number of fused-ring (bicyclic) bond motifs is 1. The number of esters is 1. The third-order valence-electron chi connectivity index (χ3n) is 5.52. The van der Waals surface area contributed by atoms with Crippen LogP contribution in [0.4, 0.5) is 10.1 Å². The van der Waals surface area contributed by atoms with E-state index < -0.39 is 5.97 Å². The molecule has 0 N–H and O–H groups in total. The number of rotatable bonds is 5. The Morgan fingerprint density at radius 2 is 1.88 bits per heavy atom. The van der Waals surface area contributed by atoms with Crippen LogP contribution >= 0.6 is 11.8 Å². The normalized spacial score (nSPS) is 16.8. The van der Waals surface area contributed by atoms with Crippen molar-refractivity contribution in [3.05, 3.63) is 88.7 Å². The molecular formula is C25H20FNO5S. The lowest BCUT2D eigenvalue weighted by molar-refractivity contribution is -0.115. The van der Waals surface area contributed by atoms with Crippen molar-refractivity contribution in [2.75, 3.05) is 17.4 Å². The minimum Gasteiger partial charge on any atom is -0.457 e. The number of carbonyl (C=O) groups excluding carboxylic acids is 2. The maximum absolute atomic E-state index is 13.3. The highest BCUT2D eigenvalue weighted by molar-refractivity contribution is 8.00. The number of nitrogens with zero attached hydrogens (tertiary/aromatic N) is 1. The van der Waals surface area contributed by atoms with E-state index in [1.165, 1.54) is 23.9 Å². The van der Waals surface area contributed by atoms with Gasteiger partial charge in [0, 0.05) is 5.69 Å². The molecule has 1 saturated heterocycles. The molecule has 1 amide bonds. The lowest BCUT2D eigenvalue weighted by atomic mass is 10.1. The van der Waals surface area contributed by atoms with Crippen molar-refractivity contribution in [1.29, 1.82) is 0 Å². The average Bonchev–Trinajstić information content (AvgIpc) is 3.44. The second-order valence-electron chi connectivity index (χ2n) is 7.74. The predicted octanol–water partition coefficient (Wildman–Crippen LogP) is 5.00. The number of aryl methyl sites for hydroxylation is 1. The van der Waals surface area contributed by atoms with Gasteiger partial charge in [-0.05, 0) is 66.1 Å². The smallest absolute Gasteiger partial charge is 0.338 e. The molecule has 1 fully saturated rings. The maximum Gasteiger partial charge on any atom is 0.338 e. The second kappa shape index (κ2) is 8.78. The molecule has 33 heavy (non-hydrogen) atoms. The van der Waals surface area contributed by atoms with Crippen LogP contribution in [0.15, 0.2) is 60.7 Å². The SMILES string of the molecule is Cc1cc(C(=O)OCc2ccc3c(c2)OCO3)ccc1N1C(=O)CSC1c1ccc(F)cc1. The molecule has 1 atom stereocenters. The van der Waals surface area contributed by atoms with Crippen LogP contribution in [0.25, 0.3) is 0 Å². The van der Waals surface area contributed by atoms with Crippen LogP contribution in [-0.2, 0) is 16.1 Å². The second-order valence-corrected chi connectivity index (χ2v) is 8.81. The van der Waals surface area contributed by atoms with E-state index in [2.05, 4.69) is 0 Å². The van der Waals surface area contributed by atoms with E-state index in [0.717, 1.165) is 16.7 Å². The van der Waals surface area contributed by atoms with Gasteiger partial charge in [0.15, 0.2) is 11.5 Å². The summed E-state index contributed by atoms with van der Waals surface area (Å²) < 4.78 is 29.4. The van der Waals surface area contributed by atoms with Crippen LogP contribution in [-0.4, -0.2) is 24.4 Å². The first-order valence-corrected chi connectivity index (χ1v) is 11.4. The molecule has 0 saturated carbocycles. The van der Waals surface area contributed by atoms with E-state index in [0.29, 0.717) is 28.5 Å². The van der Waals surface area contributed by atoms with E-state index in [4.69, 9.17) is 14.2 Å². The van der Waals surface area contributed by atoms with Gasteiger partial charge in [-0.15, -0.1) is 11.8 Å². The van der Waals surface area contributed by atoms with Gasteiger partial charge in [0.05, 0.1) is 11.3 Å². The summed E-state index contributed by atoms with van der Waals surface area (Å²) in [5.74, 6) is 0.827. The monoisotopic (exact) mass is 465 g/mol. The predicted molar refractivity (Wildman–Crippen MR) is 122 cm³/mol. The number of halogens is 1. The number of anilines is 1. The molecule has 5 rings (SSSR count). The molecule has 3 aromatic carbocycles. The Bertz CT molecular complexity index is 1230. The molecule has 0 spiro atoms. The molecule has 3 aromatic rings. The van der Waals surface area contributed by atoms with Gasteiger partial charge in [-0.2, -0.15) is 0 Å². The van der Waals surface area contributed by atoms with Crippen molar-refractivity contribution >= 4 is 29.3 Å². The Kier molecular flexibility index (Phi) is 5.68. The largest absolute Gasteiger partial charge is 0.457 e. The lowest BCUT2D eigenvalue weighted by Crippen LogP contribution is -2.28. The van der Waals surface area contributed by atoms with Gasteiger partial charge in [-0.1, -0.05) is 18.2 Å². The molecule has 8 heteroatoms. The van der Waals surface area contributed by atoms with Crippen LogP contribution in [0, 0.1) is 12.7 Å². The zero-order chi connectivity index (χ0) is 22.9. The van der Waals surface area contributed by atoms with Crippen molar-refractivity contribution in [3.8, 4) is 11.5 Å². The fourth-order valence-electron chi connectivity index (χ4n) is 3.87. The van der Waals surface area contributed by atoms with Crippen molar-refractivity contribution in [3.63, 3.8) is 0 Å². The summed E-state index contributed by atoms with van der Waals surface area (Å²) in [6.07, 6.45) is 0. The van der Waals surface area contributed by atoms with Crippen molar-refractivity contribution in [1.82, 2.24) is 0 Å². The zero-order valence-corrected chi connectivity index (χ0v) is 18.6. The molecule has 2 heterocycles. The maximum atomic E-state index is 13.3. The van der Waals surface area contributed by atoms with E-state index in [9.17, 15) is 14.0 Å². The Morgan fingerprint density at radius 1 is 1.09 bits per heavy atom. The van der Waals surface area contributed by atoms with Gasteiger partial charge in [-0.25, -0.2) is 9.18 Å². The Labute approximate surface area is 194 Å². The van der Waals surface area contributed by atoms with Gasteiger partial charge < -0.3 is 14.2 Å². The minimum atomic E-state index is -0.459. The van der Waals surface area contributed by atoms with E-state index in [-0.39, 0.29) is 30.5 Å². The van der Waals surface area contributed by atoms with Crippen LogP contribution in [0.5, 0.6) is 11.5 Å². The lowest BCUT2D eigenvalue weighted by Gasteiger charge is -2.26. The highest BCUT2D eigenvalue weighted by Crippen LogP contribution is 2.43. The molecule has 2 aliphatic rings. The van der Waals surface area contributed by atoms with Gasteiger partial charge in [-0.3, -0.25) is 9.69 Å². The molecule has 1 unspecified atom stereocenters. The first-order chi connectivity index (χ1) is 16.0. The summed E-state index contributed by atoms with van der Waals surface area (Å²) in [5.41, 5.74) is 3.53. The number of benzene rings is 3. The summed E-state index contributed by atoms with van der Waals surface area (Å²) in [6.45, 7) is 2.14. The Morgan fingerprint density at radius 3 is 2.67 bits per heavy atom. The number of hydrogen-bond acceptors (Lipinski definition) is 6. The van der Waals surface area contributed by atoms with Gasteiger partial charge in [0.2, 0.25) is 12.7 Å². The van der Waals surface area contributed by atoms with Crippen LogP contribution in [0.3, 0.4) is 0 Å². The topological polar surface area (TPSA) is 65.1 Å². The summed E-state index contributed by atoms with van der Waals surface area (Å²) in [5, 5.41) is -0.249. The van der Waals surface area contributed by atoms with Crippen molar-refractivity contribution in [2.24, 2.45) is 0 Å². The Hall–Kier alpha value is -3.52. The first kappa shape index (κ1) is 21.3. The molecule has 0 bridgehead atoms. The van der Waals surface area contributed by atoms with E-state index >= 15 is 0 Å². The van der Waals surface area contributed by atoms with Crippen molar-refractivity contribution in [2.45, 2.75) is 18.9 Å². The highest BCUT2D eigenvalue weighted by Gasteiger charge is 2.35. The number of amides is 1. The highest BCUT2D eigenvalue weighted by atomic mass is 32.2. The molecular weight excluding hydrogens is 445 g/mol. The van der Waals surface area contributed by atoms with Crippen LogP contribution < -0.4 is 14.4 Å². The van der Waals surface area contributed by atoms with E-state index in [1.54, 1.807) is 47.4 Å². The summed E-state index contributed by atoms with van der Waals surface area (Å²) >= 11 is 1.49. The average molecular weight is 466 g/mol. The molecule has 168 valence electrons.